The SMILES string of the molecule is COCCCC(=O)CCCCC(=O)NCCCCCNC(=S)Nc1ccc(-c2c3cc(F)c(=O)cc-3oc3cc(O)c(F)cc23)cc1. The summed E-state index contributed by atoms with van der Waals surface area (Å²) in [5.41, 5.74) is 1.34. The van der Waals surface area contributed by atoms with E-state index in [2.05, 4.69) is 16.0 Å². The van der Waals surface area contributed by atoms with Gasteiger partial charge in [-0.1, -0.05) is 12.1 Å². The predicted molar refractivity (Wildman–Crippen MR) is 182 cm³/mol. The number of hydrogen-bond acceptors (Lipinski definition) is 7. The van der Waals surface area contributed by atoms with E-state index in [1.54, 1.807) is 31.4 Å². The van der Waals surface area contributed by atoms with Gasteiger partial charge in [-0.3, -0.25) is 14.4 Å². The van der Waals surface area contributed by atoms with Crippen LogP contribution in [-0.4, -0.2) is 48.7 Å². The van der Waals surface area contributed by atoms with Crippen molar-refractivity contribution in [3.63, 3.8) is 0 Å². The summed E-state index contributed by atoms with van der Waals surface area (Å²) in [7, 11) is 1.62. The standard InChI is InChI=1S/C35H39F2N3O6S/c1-45-17-7-9-24(41)8-3-4-10-33(44)38-15-5-2-6-16-39-35(47)40-23-13-11-22(12-14-23)34-25-18-27(36)29(42)20-31(25)46-32-21-30(43)28(37)19-26(32)34/h11-14,18-21,42H,2-10,15-17H2,1H3,(H,38,44)(H2,39,40,47). The molecule has 0 aromatic heterocycles. The largest absolute Gasteiger partial charge is 0.505 e. The van der Waals surface area contributed by atoms with Crippen LogP contribution < -0.4 is 21.4 Å². The number of unbranched alkanes of at least 4 members (excludes halogenated alkanes) is 3. The van der Waals surface area contributed by atoms with Crippen molar-refractivity contribution in [2.45, 2.75) is 57.8 Å². The zero-order valence-corrected chi connectivity index (χ0v) is 27.1. The molecule has 250 valence electrons. The van der Waals surface area contributed by atoms with E-state index in [0.717, 1.165) is 56.4 Å². The van der Waals surface area contributed by atoms with Crippen LogP contribution in [0.15, 0.2) is 57.7 Å². The lowest BCUT2D eigenvalue weighted by atomic mass is 9.93. The molecular weight excluding hydrogens is 628 g/mol. The predicted octanol–water partition coefficient (Wildman–Crippen LogP) is 6.68. The topological polar surface area (TPSA) is 130 Å². The third-order valence-corrected chi connectivity index (χ3v) is 7.89. The quantitative estimate of drug-likeness (QED) is 0.0554. The molecule has 0 spiro atoms. The number of phenolic OH excluding ortho intramolecular Hbond substituents is 1. The number of methoxy groups -OCH3 is 1. The number of phenols is 1. The number of ether oxygens (including phenoxy) is 1. The molecule has 0 fully saturated rings. The normalized spacial score (nSPS) is 11.1. The average molecular weight is 668 g/mol. The number of ketones is 1. The van der Waals surface area contributed by atoms with Crippen molar-refractivity contribution >= 4 is 45.7 Å². The van der Waals surface area contributed by atoms with E-state index < -0.39 is 22.8 Å². The van der Waals surface area contributed by atoms with Gasteiger partial charge < -0.3 is 30.2 Å². The lowest BCUT2D eigenvalue weighted by Crippen LogP contribution is -2.29. The molecule has 1 aliphatic carbocycles. The first kappa shape index (κ1) is 35.4. The molecule has 0 bridgehead atoms. The maximum Gasteiger partial charge on any atom is 0.219 e. The monoisotopic (exact) mass is 667 g/mol. The molecule has 9 nitrogen and oxygen atoms in total. The fourth-order valence-corrected chi connectivity index (χ4v) is 5.42. The van der Waals surface area contributed by atoms with Gasteiger partial charge in [0.2, 0.25) is 11.3 Å². The number of rotatable bonds is 17. The van der Waals surface area contributed by atoms with Gasteiger partial charge in [-0.15, -0.1) is 0 Å². The number of carbonyl (C=O) groups excluding carboxylic acids is 2. The zero-order chi connectivity index (χ0) is 33.8. The van der Waals surface area contributed by atoms with Crippen LogP contribution in [0.5, 0.6) is 5.75 Å². The smallest absolute Gasteiger partial charge is 0.219 e. The summed E-state index contributed by atoms with van der Waals surface area (Å²) in [6, 6.07) is 11.4. The number of benzene rings is 3. The molecule has 1 heterocycles. The third-order valence-electron chi connectivity index (χ3n) is 7.65. The first-order valence-electron chi connectivity index (χ1n) is 15.7. The van der Waals surface area contributed by atoms with Crippen molar-refractivity contribution in [2.24, 2.45) is 0 Å². The van der Waals surface area contributed by atoms with Crippen LogP contribution in [0.3, 0.4) is 0 Å². The fourth-order valence-electron chi connectivity index (χ4n) is 5.20. The second-order valence-electron chi connectivity index (χ2n) is 11.3. The Kier molecular flexibility index (Phi) is 13.2. The Morgan fingerprint density at radius 3 is 2.32 bits per heavy atom. The van der Waals surface area contributed by atoms with Gasteiger partial charge in [0.15, 0.2) is 22.5 Å². The molecule has 2 aromatic carbocycles. The number of anilines is 1. The summed E-state index contributed by atoms with van der Waals surface area (Å²) < 4.78 is 39.3. The second-order valence-corrected chi connectivity index (χ2v) is 11.7. The molecule has 47 heavy (non-hydrogen) atoms. The Labute approximate surface area is 277 Å². The number of aromatic hydroxyl groups is 1. The van der Waals surface area contributed by atoms with Crippen molar-refractivity contribution in [1.82, 2.24) is 10.6 Å². The van der Waals surface area contributed by atoms with Crippen LogP contribution in [0.4, 0.5) is 14.5 Å². The number of thiocarbonyl (C=S) groups is 1. The van der Waals surface area contributed by atoms with Crippen LogP contribution >= 0.6 is 12.2 Å². The highest BCUT2D eigenvalue weighted by atomic mass is 32.1. The summed E-state index contributed by atoms with van der Waals surface area (Å²) >= 11 is 5.41. The summed E-state index contributed by atoms with van der Waals surface area (Å²) in [5, 5.41) is 19.8. The van der Waals surface area contributed by atoms with Gasteiger partial charge in [0, 0.05) is 80.4 Å². The van der Waals surface area contributed by atoms with Gasteiger partial charge >= 0.3 is 0 Å². The number of carbonyl (C=O) groups is 2. The highest BCUT2D eigenvalue weighted by molar-refractivity contribution is 7.80. The lowest BCUT2D eigenvalue weighted by molar-refractivity contribution is -0.122. The van der Waals surface area contributed by atoms with Crippen LogP contribution in [0, 0.1) is 11.6 Å². The van der Waals surface area contributed by atoms with E-state index >= 15 is 0 Å². The van der Waals surface area contributed by atoms with E-state index in [9.17, 15) is 28.3 Å². The second kappa shape index (κ2) is 17.5. The maximum atomic E-state index is 14.3. The van der Waals surface area contributed by atoms with Crippen LogP contribution in [0.2, 0.25) is 0 Å². The highest BCUT2D eigenvalue weighted by Crippen LogP contribution is 2.41. The van der Waals surface area contributed by atoms with Crippen molar-refractivity contribution in [3.05, 3.63) is 70.4 Å². The minimum absolute atomic E-state index is 0.00483. The molecule has 4 N–H and O–H groups in total. The minimum Gasteiger partial charge on any atom is -0.505 e. The molecule has 1 amide bonds. The summed E-state index contributed by atoms with van der Waals surface area (Å²) in [6.45, 7) is 1.83. The minimum atomic E-state index is -0.960. The van der Waals surface area contributed by atoms with E-state index in [1.807, 2.05) is 0 Å². The highest BCUT2D eigenvalue weighted by Gasteiger charge is 2.21. The molecule has 0 saturated carbocycles. The van der Waals surface area contributed by atoms with Gasteiger partial charge in [0.05, 0.1) is 0 Å². The number of Topliss-reactive ketones (excluding diaryl/α,β-unsaturated/α-hetero) is 1. The first-order valence-corrected chi connectivity index (χ1v) is 16.1. The molecule has 0 unspecified atom stereocenters. The molecule has 4 rings (SSSR count). The summed E-state index contributed by atoms with van der Waals surface area (Å²) in [5.74, 6) is -2.10. The van der Waals surface area contributed by atoms with E-state index in [0.29, 0.717) is 72.7 Å². The summed E-state index contributed by atoms with van der Waals surface area (Å²) in [4.78, 5) is 35.7. The van der Waals surface area contributed by atoms with Crippen molar-refractivity contribution < 1.29 is 32.6 Å². The maximum absolute atomic E-state index is 14.3. The number of hydrogen-bond donors (Lipinski definition) is 4. The number of halogens is 2. The van der Waals surface area contributed by atoms with Crippen LogP contribution in [0.25, 0.3) is 33.4 Å². The molecule has 12 heteroatoms. The molecule has 0 saturated heterocycles. The van der Waals surface area contributed by atoms with E-state index in [1.165, 1.54) is 0 Å². The molecule has 2 aliphatic rings. The van der Waals surface area contributed by atoms with Gasteiger partial charge in [0.1, 0.15) is 17.1 Å². The summed E-state index contributed by atoms with van der Waals surface area (Å²) in [6.07, 6.45) is 6.21. The Balaban J connectivity index is 1.20. The first-order chi connectivity index (χ1) is 22.7. The molecule has 1 aliphatic heterocycles. The number of amides is 1. The zero-order valence-electron chi connectivity index (χ0n) is 26.3. The van der Waals surface area contributed by atoms with Gasteiger partial charge in [-0.05, 0) is 80.6 Å². The Hall–Kier alpha value is -4.42. The van der Waals surface area contributed by atoms with Gasteiger partial charge in [0.25, 0.3) is 0 Å². The number of nitrogens with one attached hydrogen (secondary N) is 3. The van der Waals surface area contributed by atoms with Crippen molar-refractivity contribution in [3.8, 4) is 28.2 Å². The number of fused-ring (bicyclic) bond motifs is 2. The van der Waals surface area contributed by atoms with Gasteiger partial charge in [-0.25, -0.2) is 8.78 Å². The molecule has 2 aromatic rings. The van der Waals surface area contributed by atoms with Crippen LogP contribution in [0.1, 0.15) is 57.8 Å². The molecule has 0 atom stereocenters. The van der Waals surface area contributed by atoms with E-state index in [-0.39, 0.29) is 28.6 Å². The van der Waals surface area contributed by atoms with E-state index in [4.69, 9.17) is 21.4 Å². The average Bonchev–Trinajstić information content (AvgIpc) is 3.04. The van der Waals surface area contributed by atoms with Crippen LogP contribution in [-0.2, 0) is 14.3 Å². The molecular formula is C35H39F2N3O6S. The fraction of sp³-hybridized carbons (Fsp3) is 0.371. The lowest BCUT2D eigenvalue weighted by Gasteiger charge is -2.16. The third kappa shape index (κ3) is 10.3. The van der Waals surface area contributed by atoms with Crippen molar-refractivity contribution in [2.75, 3.05) is 32.1 Å². The Morgan fingerprint density at radius 1 is 0.872 bits per heavy atom. The Bertz CT molecular complexity index is 1730. The molecule has 0 radical (unpaired) electrons. The van der Waals surface area contributed by atoms with Crippen molar-refractivity contribution in [1.29, 1.82) is 0 Å². The van der Waals surface area contributed by atoms with Gasteiger partial charge in [-0.2, -0.15) is 0 Å². The Morgan fingerprint density at radius 2 is 1.57 bits per heavy atom.